The predicted molar refractivity (Wildman–Crippen MR) is 77.5 cm³/mol. The fourth-order valence-corrected chi connectivity index (χ4v) is 2.98. The van der Waals surface area contributed by atoms with E-state index in [0.717, 1.165) is 30.6 Å². The summed E-state index contributed by atoms with van der Waals surface area (Å²) < 4.78 is 15.0. The molecule has 3 rings (SSSR count). The van der Waals surface area contributed by atoms with Gasteiger partial charge in [-0.3, -0.25) is 0 Å². The first-order chi connectivity index (χ1) is 9.58. The largest absolute Gasteiger partial charge is 0.324 e. The summed E-state index contributed by atoms with van der Waals surface area (Å²) in [6, 6.07) is 6.56. The Bertz CT molecular complexity index is 613. The second-order valence-corrected chi connectivity index (χ2v) is 5.79. The maximum atomic E-state index is 13.1. The number of fused-ring (bicyclic) bond motifs is 1. The van der Waals surface area contributed by atoms with Crippen LogP contribution in [0.2, 0.25) is 0 Å². The molecule has 1 unspecified atom stereocenters. The molecule has 0 bridgehead atoms. The molecule has 0 spiro atoms. The standard InChI is InChI=1S/C16H20FN3/c1-10(2)16-15-13(18)4-3-5-14(15)20(19-16)12-8-6-11(17)7-9-12/h6-10,13H,3-5,18H2,1-2H3. The normalized spacial score (nSPS) is 18.4. The van der Waals surface area contributed by atoms with Crippen molar-refractivity contribution in [1.29, 1.82) is 0 Å². The molecular weight excluding hydrogens is 253 g/mol. The fraction of sp³-hybridized carbons (Fsp3) is 0.438. The molecule has 2 aromatic rings. The molecule has 0 saturated heterocycles. The summed E-state index contributed by atoms with van der Waals surface area (Å²) >= 11 is 0. The van der Waals surface area contributed by atoms with Gasteiger partial charge in [0.25, 0.3) is 0 Å². The van der Waals surface area contributed by atoms with Crippen LogP contribution in [-0.4, -0.2) is 9.78 Å². The van der Waals surface area contributed by atoms with Gasteiger partial charge in [-0.2, -0.15) is 5.10 Å². The van der Waals surface area contributed by atoms with Crippen LogP contribution in [0.5, 0.6) is 0 Å². The third-order valence-corrected chi connectivity index (χ3v) is 3.97. The zero-order chi connectivity index (χ0) is 14.3. The van der Waals surface area contributed by atoms with E-state index in [1.807, 2.05) is 4.68 Å². The summed E-state index contributed by atoms with van der Waals surface area (Å²) in [5.41, 5.74) is 10.7. The highest BCUT2D eigenvalue weighted by molar-refractivity contribution is 5.41. The van der Waals surface area contributed by atoms with E-state index >= 15 is 0 Å². The maximum Gasteiger partial charge on any atom is 0.123 e. The van der Waals surface area contributed by atoms with Gasteiger partial charge < -0.3 is 5.73 Å². The zero-order valence-electron chi connectivity index (χ0n) is 11.9. The van der Waals surface area contributed by atoms with Gasteiger partial charge in [-0.1, -0.05) is 13.8 Å². The van der Waals surface area contributed by atoms with Gasteiger partial charge in [0.2, 0.25) is 0 Å². The maximum absolute atomic E-state index is 13.1. The van der Waals surface area contributed by atoms with E-state index in [2.05, 4.69) is 13.8 Å². The van der Waals surface area contributed by atoms with E-state index in [9.17, 15) is 4.39 Å². The van der Waals surface area contributed by atoms with Crippen LogP contribution in [0.3, 0.4) is 0 Å². The fourth-order valence-electron chi connectivity index (χ4n) is 2.98. The van der Waals surface area contributed by atoms with E-state index in [1.165, 1.54) is 23.4 Å². The van der Waals surface area contributed by atoms with Crippen molar-refractivity contribution in [2.75, 3.05) is 0 Å². The van der Waals surface area contributed by atoms with Crippen LogP contribution >= 0.6 is 0 Å². The summed E-state index contributed by atoms with van der Waals surface area (Å²) in [7, 11) is 0. The van der Waals surface area contributed by atoms with E-state index in [-0.39, 0.29) is 11.9 Å². The van der Waals surface area contributed by atoms with E-state index < -0.39 is 0 Å². The van der Waals surface area contributed by atoms with Gasteiger partial charge in [-0.25, -0.2) is 9.07 Å². The average Bonchev–Trinajstić information content (AvgIpc) is 2.81. The van der Waals surface area contributed by atoms with Gasteiger partial charge >= 0.3 is 0 Å². The molecule has 0 aliphatic heterocycles. The summed E-state index contributed by atoms with van der Waals surface area (Å²) in [6.45, 7) is 4.28. The van der Waals surface area contributed by atoms with Crippen molar-refractivity contribution in [2.24, 2.45) is 5.73 Å². The molecule has 3 nitrogen and oxygen atoms in total. The van der Waals surface area contributed by atoms with Gasteiger partial charge in [0.15, 0.2) is 0 Å². The van der Waals surface area contributed by atoms with E-state index in [4.69, 9.17) is 10.8 Å². The Morgan fingerprint density at radius 2 is 2.00 bits per heavy atom. The number of benzene rings is 1. The first-order valence-electron chi connectivity index (χ1n) is 7.21. The molecule has 0 fully saturated rings. The molecule has 1 aliphatic carbocycles. The molecule has 2 N–H and O–H groups in total. The highest BCUT2D eigenvalue weighted by atomic mass is 19.1. The summed E-state index contributed by atoms with van der Waals surface area (Å²) in [5, 5.41) is 4.76. The van der Waals surface area contributed by atoms with Crippen molar-refractivity contribution in [1.82, 2.24) is 9.78 Å². The molecule has 1 aromatic carbocycles. The van der Waals surface area contributed by atoms with Crippen molar-refractivity contribution in [2.45, 2.75) is 45.1 Å². The lowest BCUT2D eigenvalue weighted by molar-refractivity contribution is 0.554. The minimum atomic E-state index is -0.226. The number of halogens is 1. The Morgan fingerprint density at radius 3 is 2.65 bits per heavy atom. The molecule has 1 aliphatic rings. The molecule has 1 atom stereocenters. The number of hydrogen-bond acceptors (Lipinski definition) is 2. The lowest BCUT2D eigenvalue weighted by Crippen LogP contribution is -2.19. The summed E-state index contributed by atoms with van der Waals surface area (Å²) in [4.78, 5) is 0. The summed E-state index contributed by atoms with van der Waals surface area (Å²) in [6.07, 6.45) is 3.08. The number of rotatable bonds is 2. The molecule has 1 aromatic heterocycles. The Labute approximate surface area is 118 Å². The zero-order valence-corrected chi connectivity index (χ0v) is 11.9. The SMILES string of the molecule is CC(C)c1nn(-c2ccc(F)cc2)c2c1C(N)CCC2. The first kappa shape index (κ1) is 13.3. The number of nitrogens with zero attached hydrogens (tertiary/aromatic N) is 2. The first-order valence-corrected chi connectivity index (χ1v) is 7.21. The van der Waals surface area contributed by atoms with Gasteiger partial charge in [-0.05, 0) is 49.4 Å². The lowest BCUT2D eigenvalue weighted by Gasteiger charge is -2.21. The summed E-state index contributed by atoms with van der Waals surface area (Å²) in [5.74, 6) is 0.116. The van der Waals surface area contributed by atoms with Gasteiger partial charge in [-0.15, -0.1) is 0 Å². The lowest BCUT2D eigenvalue weighted by atomic mass is 9.89. The van der Waals surface area contributed by atoms with Crippen LogP contribution in [-0.2, 0) is 6.42 Å². The third kappa shape index (κ3) is 2.14. The van der Waals surface area contributed by atoms with Gasteiger partial charge in [0, 0.05) is 17.3 Å². The molecular formula is C16H20FN3. The third-order valence-electron chi connectivity index (χ3n) is 3.97. The average molecular weight is 273 g/mol. The monoisotopic (exact) mass is 273 g/mol. The molecule has 106 valence electrons. The van der Waals surface area contributed by atoms with Crippen LogP contribution in [0.1, 0.15) is 55.6 Å². The smallest absolute Gasteiger partial charge is 0.123 e. The quantitative estimate of drug-likeness (QED) is 0.910. The van der Waals surface area contributed by atoms with Crippen molar-refractivity contribution in [3.63, 3.8) is 0 Å². The minimum Gasteiger partial charge on any atom is -0.324 e. The Balaban J connectivity index is 2.16. The molecule has 0 saturated carbocycles. The number of hydrogen-bond donors (Lipinski definition) is 1. The van der Waals surface area contributed by atoms with Crippen molar-refractivity contribution in [3.8, 4) is 5.69 Å². The van der Waals surface area contributed by atoms with Crippen molar-refractivity contribution < 1.29 is 4.39 Å². The van der Waals surface area contributed by atoms with Crippen LogP contribution < -0.4 is 5.73 Å². The van der Waals surface area contributed by atoms with Crippen LogP contribution in [0.4, 0.5) is 4.39 Å². The van der Waals surface area contributed by atoms with Crippen LogP contribution in [0.25, 0.3) is 5.69 Å². The highest BCUT2D eigenvalue weighted by Gasteiger charge is 2.27. The van der Waals surface area contributed by atoms with E-state index in [0.29, 0.717) is 5.92 Å². The van der Waals surface area contributed by atoms with Crippen molar-refractivity contribution in [3.05, 3.63) is 47.0 Å². The van der Waals surface area contributed by atoms with E-state index in [1.54, 1.807) is 12.1 Å². The Kier molecular flexibility index (Phi) is 3.34. The minimum absolute atomic E-state index is 0.0744. The van der Waals surface area contributed by atoms with Gasteiger partial charge in [0.1, 0.15) is 5.82 Å². The van der Waals surface area contributed by atoms with Crippen molar-refractivity contribution >= 4 is 0 Å². The highest BCUT2D eigenvalue weighted by Crippen LogP contribution is 2.35. The molecule has 4 heteroatoms. The Hall–Kier alpha value is -1.68. The van der Waals surface area contributed by atoms with Crippen LogP contribution in [0, 0.1) is 5.82 Å². The predicted octanol–water partition coefficient (Wildman–Crippen LogP) is 3.47. The molecule has 20 heavy (non-hydrogen) atoms. The molecule has 0 radical (unpaired) electrons. The second kappa shape index (κ2) is 5.02. The van der Waals surface area contributed by atoms with Crippen LogP contribution in [0.15, 0.2) is 24.3 Å². The second-order valence-electron chi connectivity index (χ2n) is 5.79. The molecule has 0 amide bonds. The Morgan fingerprint density at radius 1 is 1.30 bits per heavy atom. The molecule has 1 heterocycles. The number of nitrogens with two attached hydrogens (primary N) is 1. The number of aromatic nitrogens is 2. The van der Waals surface area contributed by atoms with Gasteiger partial charge in [0.05, 0.1) is 11.4 Å². The topological polar surface area (TPSA) is 43.8 Å².